The zero-order valence-electron chi connectivity index (χ0n) is 15.1. The molecule has 1 fully saturated rings. The van der Waals surface area contributed by atoms with Crippen molar-refractivity contribution in [1.29, 1.82) is 0 Å². The number of ether oxygens (including phenoxy) is 1. The highest BCUT2D eigenvalue weighted by Crippen LogP contribution is 2.43. The molecular formula is C20H33NO2. The van der Waals surface area contributed by atoms with Crippen LogP contribution in [0.15, 0.2) is 16.6 Å². The summed E-state index contributed by atoms with van der Waals surface area (Å²) in [6.45, 7) is 4.58. The molecular weight excluding hydrogens is 286 g/mol. The topological polar surface area (TPSA) is 38.7 Å². The molecule has 0 aliphatic heterocycles. The predicted octanol–water partition coefficient (Wildman–Crippen LogP) is 5.10. The van der Waals surface area contributed by atoms with Crippen LogP contribution in [0.25, 0.3) is 0 Å². The minimum absolute atomic E-state index is 0.0976. The first kappa shape index (κ1) is 18.2. The number of hydrogen-bond acceptors (Lipinski definition) is 3. The van der Waals surface area contributed by atoms with Gasteiger partial charge < -0.3 is 4.74 Å². The SMILES string of the molecule is COC(=O)CCCC1(C=NC2CCCCC2)CC=C(C)CC1C. The Morgan fingerprint density at radius 1 is 1.39 bits per heavy atom. The molecule has 3 heteroatoms. The maximum atomic E-state index is 11.4. The van der Waals surface area contributed by atoms with E-state index in [0.717, 1.165) is 25.7 Å². The summed E-state index contributed by atoms with van der Waals surface area (Å²) in [5.41, 5.74) is 1.62. The molecule has 0 bridgehead atoms. The number of rotatable bonds is 6. The van der Waals surface area contributed by atoms with Crippen LogP contribution in [0.5, 0.6) is 0 Å². The fourth-order valence-corrected chi connectivity index (χ4v) is 4.08. The van der Waals surface area contributed by atoms with Crippen LogP contribution in [0.1, 0.15) is 78.1 Å². The zero-order chi connectivity index (χ0) is 16.7. The summed E-state index contributed by atoms with van der Waals surface area (Å²) >= 11 is 0. The molecule has 0 saturated heterocycles. The number of hydrogen-bond donors (Lipinski definition) is 0. The van der Waals surface area contributed by atoms with Gasteiger partial charge in [0.15, 0.2) is 0 Å². The molecule has 3 nitrogen and oxygen atoms in total. The fraction of sp³-hybridized carbons (Fsp3) is 0.800. The Labute approximate surface area is 141 Å². The number of esters is 1. The Bertz CT molecular complexity index is 449. The van der Waals surface area contributed by atoms with Gasteiger partial charge in [0.05, 0.1) is 7.11 Å². The first-order chi connectivity index (χ1) is 11.1. The highest BCUT2D eigenvalue weighted by molar-refractivity contribution is 5.70. The summed E-state index contributed by atoms with van der Waals surface area (Å²) in [6, 6.07) is 0.528. The van der Waals surface area contributed by atoms with E-state index in [-0.39, 0.29) is 11.4 Å². The summed E-state index contributed by atoms with van der Waals surface area (Å²) < 4.78 is 4.79. The van der Waals surface area contributed by atoms with Gasteiger partial charge in [-0.15, -0.1) is 0 Å². The van der Waals surface area contributed by atoms with E-state index in [1.807, 2.05) is 0 Å². The van der Waals surface area contributed by atoms with Crippen molar-refractivity contribution in [2.24, 2.45) is 16.3 Å². The van der Waals surface area contributed by atoms with Gasteiger partial charge in [0.1, 0.15) is 0 Å². The van der Waals surface area contributed by atoms with E-state index >= 15 is 0 Å². The Kier molecular flexibility index (Phi) is 6.86. The minimum Gasteiger partial charge on any atom is -0.469 e. The standard InChI is InChI=1S/C20H33NO2/c1-16-11-13-20(17(2)14-16,12-7-10-19(22)23-3)15-21-18-8-5-4-6-9-18/h11,15,17-18H,4-10,12-14H2,1-3H3. The van der Waals surface area contributed by atoms with Gasteiger partial charge in [-0.05, 0) is 51.4 Å². The van der Waals surface area contributed by atoms with Crippen LogP contribution in [0, 0.1) is 11.3 Å². The molecule has 2 atom stereocenters. The predicted molar refractivity (Wildman–Crippen MR) is 95.8 cm³/mol. The number of allylic oxidation sites excluding steroid dienone is 2. The Morgan fingerprint density at radius 2 is 2.13 bits per heavy atom. The van der Waals surface area contributed by atoms with E-state index in [0.29, 0.717) is 18.4 Å². The van der Waals surface area contributed by atoms with Gasteiger partial charge in [0.2, 0.25) is 0 Å². The van der Waals surface area contributed by atoms with Crippen molar-refractivity contribution in [2.75, 3.05) is 7.11 Å². The van der Waals surface area contributed by atoms with Crippen LogP contribution >= 0.6 is 0 Å². The Hall–Kier alpha value is -1.12. The van der Waals surface area contributed by atoms with E-state index in [2.05, 4.69) is 26.1 Å². The second-order valence-electron chi connectivity index (χ2n) is 7.59. The van der Waals surface area contributed by atoms with Crippen molar-refractivity contribution in [2.45, 2.75) is 84.1 Å². The maximum absolute atomic E-state index is 11.4. The van der Waals surface area contributed by atoms with Gasteiger partial charge in [-0.2, -0.15) is 0 Å². The van der Waals surface area contributed by atoms with Gasteiger partial charge in [-0.3, -0.25) is 9.79 Å². The number of methoxy groups -OCH3 is 1. The normalized spacial score (nSPS) is 29.5. The summed E-state index contributed by atoms with van der Waals surface area (Å²) in [4.78, 5) is 16.4. The molecule has 0 aromatic heterocycles. The van der Waals surface area contributed by atoms with Crippen LogP contribution in [0.2, 0.25) is 0 Å². The lowest BCUT2D eigenvalue weighted by Crippen LogP contribution is -2.34. The quantitative estimate of drug-likeness (QED) is 0.388. The zero-order valence-corrected chi connectivity index (χ0v) is 15.1. The highest BCUT2D eigenvalue weighted by Gasteiger charge is 2.36. The summed E-state index contributed by atoms with van der Waals surface area (Å²) in [5.74, 6) is 0.497. The molecule has 0 amide bonds. The average molecular weight is 319 g/mol. The van der Waals surface area contributed by atoms with Crippen molar-refractivity contribution in [3.63, 3.8) is 0 Å². The lowest BCUT2D eigenvalue weighted by molar-refractivity contribution is -0.140. The van der Waals surface area contributed by atoms with Gasteiger partial charge in [0.25, 0.3) is 0 Å². The smallest absolute Gasteiger partial charge is 0.305 e. The second kappa shape index (κ2) is 8.65. The summed E-state index contributed by atoms with van der Waals surface area (Å²) in [5, 5.41) is 0. The third-order valence-electron chi connectivity index (χ3n) is 5.81. The van der Waals surface area contributed by atoms with Crippen LogP contribution in [-0.4, -0.2) is 25.3 Å². The van der Waals surface area contributed by atoms with Crippen molar-refractivity contribution in [1.82, 2.24) is 0 Å². The third-order valence-corrected chi connectivity index (χ3v) is 5.81. The van der Waals surface area contributed by atoms with Gasteiger partial charge >= 0.3 is 5.97 Å². The van der Waals surface area contributed by atoms with E-state index in [4.69, 9.17) is 9.73 Å². The number of carbonyl (C=O) groups is 1. The van der Waals surface area contributed by atoms with Crippen molar-refractivity contribution < 1.29 is 9.53 Å². The Balaban J connectivity index is 2.04. The lowest BCUT2D eigenvalue weighted by Gasteiger charge is -2.39. The molecule has 0 spiro atoms. The molecule has 0 aromatic rings. The van der Waals surface area contributed by atoms with Gasteiger partial charge in [0, 0.05) is 24.1 Å². The molecule has 2 aliphatic carbocycles. The maximum Gasteiger partial charge on any atom is 0.305 e. The van der Waals surface area contributed by atoms with Crippen molar-refractivity contribution in [3.8, 4) is 0 Å². The van der Waals surface area contributed by atoms with E-state index in [9.17, 15) is 4.79 Å². The monoisotopic (exact) mass is 319 g/mol. The first-order valence-corrected chi connectivity index (χ1v) is 9.32. The molecule has 1 saturated carbocycles. The summed E-state index contributed by atoms with van der Waals surface area (Å²) in [7, 11) is 1.47. The molecule has 2 rings (SSSR count). The number of carbonyl (C=O) groups excluding carboxylic acids is 1. The van der Waals surface area contributed by atoms with E-state index in [1.54, 1.807) is 0 Å². The van der Waals surface area contributed by atoms with Crippen molar-refractivity contribution in [3.05, 3.63) is 11.6 Å². The molecule has 0 radical (unpaired) electrons. The molecule has 2 aliphatic rings. The van der Waals surface area contributed by atoms with E-state index in [1.165, 1.54) is 44.8 Å². The van der Waals surface area contributed by atoms with Gasteiger partial charge in [-0.25, -0.2) is 0 Å². The molecule has 2 unspecified atom stereocenters. The number of aliphatic imine (C=N–C) groups is 1. The fourth-order valence-electron chi connectivity index (χ4n) is 4.08. The largest absolute Gasteiger partial charge is 0.469 e. The molecule has 0 heterocycles. The van der Waals surface area contributed by atoms with Crippen LogP contribution in [0.3, 0.4) is 0 Å². The van der Waals surface area contributed by atoms with Gasteiger partial charge in [-0.1, -0.05) is 37.8 Å². The van der Waals surface area contributed by atoms with Crippen molar-refractivity contribution >= 4 is 12.2 Å². The summed E-state index contributed by atoms with van der Waals surface area (Å²) in [6.07, 6.45) is 15.8. The van der Waals surface area contributed by atoms with E-state index < -0.39 is 0 Å². The first-order valence-electron chi connectivity index (χ1n) is 9.32. The van der Waals surface area contributed by atoms with Crippen LogP contribution < -0.4 is 0 Å². The highest BCUT2D eigenvalue weighted by atomic mass is 16.5. The average Bonchev–Trinajstić information content (AvgIpc) is 2.56. The van der Waals surface area contributed by atoms with Crippen LogP contribution in [0.4, 0.5) is 0 Å². The molecule has 0 aromatic carbocycles. The molecule has 130 valence electrons. The number of nitrogens with zero attached hydrogens (tertiary/aromatic N) is 1. The second-order valence-corrected chi connectivity index (χ2v) is 7.59. The third kappa shape index (κ3) is 5.19. The van der Waals surface area contributed by atoms with Crippen LogP contribution in [-0.2, 0) is 9.53 Å². The minimum atomic E-state index is -0.0976. The Morgan fingerprint density at radius 3 is 2.78 bits per heavy atom. The molecule has 23 heavy (non-hydrogen) atoms. The molecule has 0 N–H and O–H groups in total. The lowest BCUT2D eigenvalue weighted by atomic mass is 9.66.